The Hall–Kier alpha value is -1.22. The van der Waals surface area contributed by atoms with E-state index in [4.69, 9.17) is 9.47 Å². The molecule has 3 nitrogen and oxygen atoms in total. The van der Waals surface area contributed by atoms with Crippen LogP contribution in [0.15, 0.2) is 18.2 Å². The van der Waals surface area contributed by atoms with Gasteiger partial charge in [0.05, 0.1) is 14.2 Å². The minimum Gasteiger partial charge on any atom is -0.497 e. The number of nitrogens with zero attached hydrogens (tertiary/aromatic N) is 1. The van der Waals surface area contributed by atoms with Gasteiger partial charge in [0.2, 0.25) is 0 Å². The second kappa shape index (κ2) is 6.29. The first kappa shape index (κ1) is 14.2. The lowest BCUT2D eigenvalue weighted by Crippen LogP contribution is -2.43. The highest BCUT2D eigenvalue weighted by Gasteiger charge is 2.25. The van der Waals surface area contributed by atoms with Gasteiger partial charge in [0.25, 0.3) is 0 Å². The molecule has 2 atom stereocenters. The number of ether oxygens (including phenoxy) is 2. The van der Waals surface area contributed by atoms with Crippen LogP contribution in [0, 0.1) is 0 Å². The van der Waals surface area contributed by atoms with Crippen LogP contribution in [0.3, 0.4) is 0 Å². The molecule has 0 aliphatic carbocycles. The molecule has 2 unspecified atom stereocenters. The topological polar surface area (TPSA) is 21.7 Å². The van der Waals surface area contributed by atoms with Gasteiger partial charge >= 0.3 is 0 Å². The highest BCUT2D eigenvalue weighted by molar-refractivity contribution is 5.40. The lowest BCUT2D eigenvalue weighted by atomic mass is 9.96. The van der Waals surface area contributed by atoms with Crippen molar-refractivity contribution in [1.29, 1.82) is 0 Å². The van der Waals surface area contributed by atoms with Crippen LogP contribution in [-0.4, -0.2) is 31.2 Å². The second-order valence-corrected chi connectivity index (χ2v) is 5.48. The smallest absolute Gasteiger partial charge is 0.123 e. The first-order valence-electron chi connectivity index (χ1n) is 7.12. The third kappa shape index (κ3) is 3.21. The van der Waals surface area contributed by atoms with Crippen molar-refractivity contribution in [2.75, 3.05) is 14.2 Å². The summed E-state index contributed by atoms with van der Waals surface area (Å²) in [5, 5.41) is 0. The molecule has 0 bridgehead atoms. The molecular weight excluding hydrogens is 238 g/mol. The normalized spacial score (nSPS) is 24.2. The van der Waals surface area contributed by atoms with Crippen LogP contribution in [0.1, 0.15) is 38.7 Å². The summed E-state index contributed by atoms with van der Waals surface area (Å²) < 4.78 is 10.8. The Kier molecular flexibility index (Phi) is 4.70. The average Bonchev–Trinajstić information content (AvgIpc) is 2.42. The van der Waals surface area contributed by atoms with E-state index in [2.05, 4.69) is 24.8 Å². The average molecular weight is 263 g/mol. The molecule has 0 saturated carbocycles. The van der Waals surface area contributed by atoms with Crippen molar-refractivity contribution in [2.24, 2.45) is 0 Å². The van der Waals surface area contributed by atoms with Crippen LogP contribution < -0.4 is 9.47 Å². The number of likely N-dealkylation sites (tertiary alicyclic amines) is 1. The molecule has 0 aromatic heterocycles. The largest absolute Gasteiger partial charge is 0.497 e. The molecule has 2 rings (SSSR count). The molecule has 1 aromatic rings. The molecule has 1 heterocycles. The van der Waals surface area contributed by atoms with E-state index >= 15 is 0 Å². The third-order valence-electron chi connectivity index (χ3n) is 4.22. The summed E-state index contributed by atoms with van der Waals surface area (Å²) in [5.41, 5.74) is 1.21. The summed E-state index contributed by atoms with van der Waals surface area (Å²) in [6.07, 6.45) is 3.92. The van der Waals surface area contributed by atoms with Crippen LogP contribution in [0.25, 0.3) is 0 Å². The molecule has 1 saturated heterocycles. The number of rotatable bonds is 4. The Labute approximate surface area is 116 Å². The summed E-state index contributed by atoms with van der Waals surface area (Å²) in [6.45, 7) is 5.58. The fourth-order valence-corrected chi connectivity index (χ4v) is 2.99. The van der Waals surface area contributed by atoms with Gasteiger partial charge in [-0.25, -0.2) is 0 Å². The van der Waals surface area contributed by atoms with E-state index in [1.165, 1.54) is 24.8 Å². The Morgan fingerprint density at radius 2 is 1.79 bits per heavy atom. The number of hydrogen-bond acceptors (Lipinski definition) is 3. The van der Waals surface area contributed by atoms with Crippen LogP contribution in [-0.2, 0) is 6.54 Å². The van der Waals surface area contributed by atoms with E-state index in [0.717, 1.165) is 18.0 Å². The van der Waals surface area contributed by atoms with Crippen molar-refractivity contribution in [1.82, 2.24) is 4.90 Å². The fraction of sp³-hybridized carbons (Fsp3) is 0.625. The molecule has 0 N–H and O–H groups in total. The maximum atomic E-state index is 5.47. The van der Waals surface area contributed by atoms with Crippen LogP contribution in [0.4, 0.5) is 0 Å². The second-order valence-electron chi connectivity index (χ2n) is 5.48. The van der Waals surface area contributed by atoms with Gasteiger partial charge in [-0.1, -0.05) is 6.42 Å². The van der Waals surface area contributed by atoms with E-state index < -0.39 is 0 Å². The van der Waals surface area contributed by atoms with Gasteiger partial charge in [-0.15, -0.1) is 0 Å². The number of piperidine rings is 1. The lowest BCUT2D eigenvalue weighted by molar-refractivity contribution is 0.0942. The van der Waals surface area contributed by atoms with Crippen LogP contribution in [0.2, 0.25) is 0 Å². The molecule has 0 amide bonds. The van der Waals surface area contributed by atoms with E-state index in [1.807, 2.05) is 12.1 Å². The predicted octanol–water partition coefficient (Wildman–Crippen LogP) is 3.47. The Morgan fingerprint density at radius 1 is 1.11 bits per heavy atom. The molecule has 1 aliphatic rings. The Bertz CT molecular complexity index is 409. The Morgan fingerprint density at radius 3 is 2.37 bits per heavy atom. The van der Waals surface area contributed by atoms with Crippen LogP contribution in [0.5, 0.6) is 11.5 Å². The summed E-state index contributed by atoms with van der Waals surface area (Å²) in [4.78, 5) is 2.57. The van der Waals surface area contributed by atoms with Crippen molar-refractivity contribution in [2.45, 2.75) is 51.7 Å². The fourth-order valence-electron chi connectivity index (χ4n) is 2.99. The first-order valence-corrected chi connectivity index (χ1v) is 7.12. The van der Waals surface area contributed by atoms with Crippen molar-refractivity contribution in [3.63, 3.8) is 0 Å². The van der Waals surface area contributed by atoms with Gasteiger partial charge in [-0.05, 0) is 44.9 Å². The highest BCUT2D eigenvalue weighted by atomic mass is 16.5. The summed E-state index contributed by atoms with van der Waals surface area (Å²) in [6, 6.07) is 7.31. The van der Waals surface area contributed by atoms with Gasteiger partial charge in [0.1, 0.15) is 11.5 Å². The minimum absolute atomic E-state index is 0.639. The van der Waals surface area contributed by atoms with Gasteiger partial charge in [-0.2, -0.15) is 0 Å². The maximum Gasteiger partial charge on any atom is 0.123 e. The first-order chi connectivity index (χ1) is 9.15. The van der Waals surface area contributed by atoms with Gasteiger partial charge < -0.3 is 9.47 Å². The quantitative estimate of drug-likeness (QED) is 0.830. The van der Waals surface area contributed by atoms with E-state index in [1.54, 1.807) is 14.2 Å². The highest BCUT2D eigenvalue weighted by Crippen LogP contribution is 2.30. The SMILES string of the molecule is COc1ccc(OC)c(CN2C(C)CCCC2C)c1. The van der Waals surface area contributed by atoms with E-state index in [0.29, 0.717) is 12.1 Å². The molecule has 106 valence electrons. The van der Waals surface area contributed by atoms with E-state index in [-0.39, 0.29) is 0 Å². The number of methoxy groups -OCH3 is 2. The molecular formula is C16H25NO2. The molecule has 19 heavy (non-hydrogen) atoms. The van der Waals surface area contributed by atoms with Gasteiger partial charge in [0, 0.05) is 24.2 Å². The predicted molar refractivity (Wildman–Crippen MR) is 77.9 cm³/mol. The summed E-state index contributed by atoms with van der Waals surface area (Å²) in [5.74, 6) is 1.85. The molecule has 3 heteroatoms. The van der Waals surface area contributed by atoms with Crippen molar-refractivity contribution >= 4 is 0 Å². The summed E-state index contributed by atoms with van der Waals surface area (Å²) >= 11 is 0. The van der Waals surface area contributed by atoms with Gasteiger partial charge in [-0.3, -0.25) is 4.90 Å². The van der Waals surface area contributed by atoms with Crippen molar-refractivity contribution in [3.05, 3.63) is 23.8 Å². The number of benzene rings is 1. The Balaban J connectivity index is 2.20. The van der Waals surface area contributed by atoms with Crippen LogP contribution >= 0.6 is 0 Å². The maximum absolute atomic E-state index is 5.47. The lowest BCUT2D eigenvalue weighted by Gasteiger charge is -2.39. The molecule has 1 aliphatic heterocycles. The zero-order valence-corrected chi connectivity index (χ0v) is 12.5. The minimum atomic E-state index is 0.639. The molecule has 0 radical (unpaired) electrons. The summed E-state index contributed by atoms with van der Waals surface area (Å²) in [7, 11) is 3.44. The molecule has 1 fully saturated rings. The number of hydrogen-bond donors (Lipinski definition) is 0. The zero-order chi connectivity index (χ0) is 13.8. The van der Waals surface area contributed by atoms with Crippen molar-refractivity contribution < 1.29 is 9.47 Å². The monoisotopic (exact) mass is 263 g/mol. The van der Waals surface area contributed by atoms with Crippen molar-refractivity contribution in [3.8, 4) is 11.5 Å². The molecule has 0 spiro atoms. The standard InChI is InChI=1S/C16H25NO2/c1-12-6-5-7-13(2)17(12)11-14-10-15(18-3)8-9-16(14)19-4/h8-10,12-13H,5-7,11H2,1-4H3. The van der Waals surface area contributed by atoms with Gasteiger partial charge in [0.15, 0.2) is 0 Å². The zero-order valence-electron chi connectivity index (χ0n) is 12.5. The third-order valence-corrected chi connectivity index (χ3v) is 4.22. The van der Waals surface area contributed by atoms with E-state index in [9.17, 15) is 0 Å². The molecule has 1 aromatic carbocycles.